The van der Waals surface area contributed by atoms with Crippen molar-refractivity contribution in [3.05, 3.63) is 34.2 Å². The average molecular weight is 337 g/mol. The molecular formula is C17H23NO4S. The Kier molecular flexibility index (Phi) is 5.70. The Balaban J connectivity index is 1.64. The van der Waals surface area contributed by atoms with Crippen LogP contribution in [0.2, 0.25) is 0 Å². The van der Waals surface area contributed by atoms with Crippen molar-refractivity contribution >= 4 is 17.2 Å². The summed E-state index contributed by atoms with van der Waals surface area (Å²) in [6, 6.07) is 2.38. The zero-order valence-corrected chi connectivity index (χ0v) is 13.9. The molecule has 5 nitrogen and oxygen atoms in total. The smallest absolute Gasteiger partial charge is 0.286 e. The van der Waals surface area contributed by atoms with Crippen molar-refractivity contribution in [2.24, 2.45) is 0 Å². The molecule has 126 valence electrons. The molecule has 1 amide bonds. The van der Waals surface area contributed by atoms with Gasteiger partial charge in [-0.25, -0.2) is 0 Å². The van der Waals surface area contributed by atoms with Gasteiger partial charge in [0.1, 0.15) is 0 Å². The highest BCUT2D eigenvalue weighted by Crippen LogP contribution is 2.33. The van der Waals surface area contributed by atoms with E-state index in [1.807, 2.05) is 11.5 Å². The highest BCUT2D eigenvalue weighted by molar-refractivity contribution is 7.08. The first-order valence-corrected chi connectivity index (χ1v) is 9.14. The largest absolute Gasteiger partial charge is 0.459 e. The molecule has 1 saturated carbocycles. The maximum absolute atomic E-state index is 12.3. The number of rotatable bonds is 8. The van der Waals surface area contributed by atoms with Crippen LogP contribution >= 0.6 is 11.3 Å². The number of thiophene rings is 1. The fraction of sp³-hybridized carbons (Fsp3) is 0.588. The van der Waals surface area contributed by atoms with E-state index in [2.05, 4.69) is 16.8 Å². The lowest BCUT2D eigenvalue weighted by Gasteiger charge is -2.29. The number of hydrogen-bond acceptors (Lipinski definition) is 5. The van der Waals surface area contributed by atoms with Crippen LogP contribution in [0.15, 0.2) is 28.7 Å². The van der Waals surface area contributed by atoms with E-state index < -0.39 is 6.29 Å². The van der Waals surface area contributed by atoms with Crippen LogP contribution in [-0.4, -0.2) is 36.6 Å². The molecule has 2 aliphatic rings. The molecular weight excluding hydrogens is 314 g/mol. The number of allylic oxidation sites excluding steroid dienone is 1. The molecule has 2 atom stereocenters. The van der Waals surface area contributed by atoms with Gasteiger partial charge in [-0.15, -0.1) is 0 Å². The molecule has 0 aromatic carbocycles. The summed E-state index contributed by atoms with van der Waals surface area (Å²) in [6.45, 7) is 0.695. The van der Waals surface area contributed by atoms with Crippen molar-refractivity contribution in [1.82, 2.24) is 5.32 Å². The Morgan fingerprint density at radius 3 is 3.00 bits per heavy atom. The summed E-state index contributed by atoms with van der Waals surface area (Å²) in [4.78, 5) is 12.3. The second-order valence-corrected chi connectivity index (χ2v) is 6.81. The lowest BCUT2D eigenvalue weighted by molar-refractivity contribution is -0.146. The lowest BCUT2D eigenvalue weighted by atomic mass is 9.95. The summed E-state index contributed by atoms with van der Waals surface area (Å²) < 4.78 is 11.5. The Morgan fingerprint density at radius 1 is 1.43 bits per heavy atom. The SMILES string of the molecule is O=C(NC1CC1)C1=C[C@@H](c2ccsc2)C[C@@H](OCCCCO)O1. The summed E-state index contributed by atoms with van der Waals surface area (Å²) in [7, 11) is 0. The zero-order valence-electron chi connectivity index (χ0n) is 13.1. The molecule has 0 saturated heterocycles. The molecule has 6 heteroatoms. The fourth-order valence-electron chi connectivity index (χ4n) is 2.55. The predicted molar refractivity (Wildman–Crippen MR) is 88.1 cm³/mol. The lowest BCUT2D eigenvalue weighted by Crippen LogP contribution is -2.34. The molecule has 0 bridgehead atoms. The number of carbonyl (C=O) groups excluding carboxylic acids is 1. The number of aliphatic hydroxyl groups excluding tert-OH is 1. The molecule has 0 radical (unpaired) electrons. The van der Waals surface area contributed by atoms with E-state index in [1.54, 1.807) is 11.3 Å². The van der Waals surface area contributed by atoms with Gasteiger partial charge >= 0.3 is 0 Å². The fourth-order valence-corrected chi connectivity index (χ4v) is 3.27. The second-order valence-electron chi connectivity index (χ2n) is 6.03. The standard InChI is InChI=1S/C17H23NO4S/c19-6-1-2-7-21-16-10-13(12-5-8-23-11-12)9-15(22-16)17(20)18-14-3-4-14/h5,8-9,11,13-14,16,19H,1-4,6-7,10H2,(H,18,20)/t13-,16+/m1/s1. The van der Waals surface area contributed by atoms with Crippen molar-refractivity contribution in [2.75, 3.05) is 13.2 Å². The van der Waals surface area contributed by atoms with E-state index in [9.17, 15) is 4.79 Å². The Hall–Kier alpha value is -1.37. The normalized spacial score (nSPS) is 24.0. The first-order valence-electron chi connectivity index (χ1n) is 8.20. The van der Waals surface area contributed by atoms with Crippen molar-refractivity contribution in [3.8, 4) is 0 Å². The van der Waals surface area contributed by atoms with E-state index in [-0.39, 0.29) is 18.4 Å². The minimum atomic E-state index is -0.413. The third-order valence-electron chi connectivity index (χ3n) is 4.02. The third kappa shape index (κ3) is 4.80. The summed E-state index contributed by atoms with van der Waals surface area (Å²) in [5.41, 5.74) is 1.19. The molecule has 0 spiro atoms. The maximum atomic E-state index is 12.3. The monoisotopic (exact) mass is 337 g/mol. The minimum absolute atomic E-state index is 0.137. The zero-order chi connectivity index (χ0) is 16.1. The number of hydrogen-bond donors (Lipinski definition) is 2. The van der Waals surface area contributed by atoms with Crippen LogP contribution in [0, 0.1) is 0 Å². The van der Waals surface area contributed by atoms with Gasteiger partial charge in [-0.05, 0) is 54.1 Å². The van der Waals surface area contributed by atoms with Crippen molar-refractivity contribution in [1.29, 1.82) is 0 Å². The minimum Gasteiger partial charge on any atom is -0.459 e. The van der Waals surface area contributed by atoms with Crippen LogP contribution in [0.1, 0.15) is 43.6 Å². The van der Waals surface area contributed by atoms with Crippen LogP contribution in [0.25, 0.3) is 0 Å². The van der Waals surface area contributed by atoms with Crippen molar-refractivity contribution in [2.45, 2.75) is 50.4 Å². The van der Waals surface area contributed by atoms with Gasteiger partial charge in [0.15, 0.2) is 5.76 Å². The maximum Gasteiger partial charge on any atom is 0.286 e. The number of aliphatic hydroxyl groups is 1. The summed E-state index contributed by atoms with van der Waals surface area (Å²) in [5, 5.41) is 15.9. The summed E-state index contributed by atoms with van der Waals surface area (Å²) in [5.74, 6) is 0.362. The Labute approximate surface area is 140 Å². The molecule has 0 unspecified atom stereocenters. The Morgan fingerprint density at radius 2 is 2.30 bits per heavy atom. The van der Waals surface area contributed by atoms with Crippen LogP contribution in [0.4, 0.5) is 0 Å². The number of ether oxygens (including phenoxy) is 2. The van der Waals surface area contributed by atoms with E-state index in [4.69, 9.17) is 14.6 Å². The van der Waals surface area contributed by atoms with Gasteiger partial charge in [0, 0.05) is 25.0 Å². The first-order chi connectivity index (χ1) is 11.3. The van der Waals surface area contributed by atoms with Crippen LogP contribution in [-0.2, 0) is 14.3 Å². The summed E-state index contributed by atoms with van der Waals surface area (Å²) >= 11 is 1.65. The number of carbonyl (C=O) groups is 1. The second kappa shape index (κ2) is 7.95. The molecule has 2 heterocycles. The first kappa shape index (κ1) is 16.5. The van der Waals surface area contributed by atoms with Gasteiger partial charge < -0.3 is 19.9 Å². The molecule has 1 fully saturated rings. The van der Waals surface area contributed by atoms with Crippen LogP contribution < -0.4 is 5.32 Å². The van der Waals surface area contributed by atoms with E-state index >= 15 is 0 Å². The van der Waals surface area contributed by atoms with Gasteiger partial charge in [-0.3, -0.25) is 4.79 Å². The van der Waals surface area contributed by atoms with E-state index in [1.165, 1.54) is 5.56 Å². The van der Waals surface area contributed by atoms with Crippen LogP contribution in [0.5, 0.6) is 0 Å². The Bertz CT molecular complexity index is 539. The van der Waals surface area contributed by atoms with Gasteiger partial charge in [0.05, 0.1) is 6.61 Å². The number of unbranched alkanes of at least 4 members (excludes halogenated alkanes) is 1. The molecule has 3 rings (SSSR count). The number of nitrogens with one attached hydrogen (secondary N) is 1. The van der Waals surface area contributed by atoms with Crippen LogP contribution in [0.3, 0.4) is 0 Å². The predicted octanol–water partition coefficient (Wildman–Crippen LogP) is 2.53. The van der Waals surface area contributed by atoms with Gasteiger partial charge in [0.2, 0.25) is 6.29 Å². The summed E-state index contributed by atoms with van der Waals surface area (Å²) in [6.07, 6.45) is 5.80. The molecule has 1 aliphatic carbocycles. The quantitative estimate of drug-likeness (QED) is 0.715. The van der Waals surface area contributed by atoms with Crippen molar-refractivity contribution < 1.29 is 19.4 Å². The number of amides is 1. The van der Waals surface area contributed by atoms with Gasteiger partial charge in [-0.1, -0.05) is 0 Å². The topological polar surface area (TPSA) is 67.8 Å². The van der Waals surface area contributed by atoms with E-state index in [0.29, 0.717) is 31.2 Å². The molecule has 2 N–H and O–H groups in total. The molecule has 1 aromatic rings. The third-order valence-corrected chi connectivity index (χ3v) is 4.72. The highest BCUT2D eigenvalue weighted by atomic mass is 32.1. The molecule has 23 heavy (non-hydrogen) atoms. The molecule has 1 aliphatic heterocycles. The van der Waals surface area contributed by atoms with Gasteiger partial charge in [0.25, 0.3) is 5.91 Å². The molecule has 1 aromatic heterocycles. The van der Waals surface area contributed by atoms with Gasteiger partial charge in [-0.2, -0.15) is 11.3 Å². The highest BCUT2D eigenvalue weighted by Gasteiger charge is 2.31. The van der Waals surface area contributed by atoms with E-state index in [0.717, 1.165) is 19.3 Å². The van der Waals surface area contributed by atoms with Crippen molar-refractivity contribution in [3.63, 3.8) is 0 Å². The average Bonchev–Trinajstić information content (AvgIpc) is 3.20.